The monoisotopic (exact) mass is 398 g/mol. The molecule has 4 rings (SSSR count). The zero-order valence-electron chi connectivity index (χ0n) is 15.5. The molecule has 2 aliphatic rings. The molecule has 5 heteroatoms. The van der Waals surface area contributed by atoms with E-state index in [9.17, 15) is 4.79 Å². The second-order valence-corrected chi connectivity index (χ2v) is 9.79. The van der Waals surface area contributed by atoms with Gasteiger partial charge in [0.1, 0.15) is 0 Å². The van der Waals surface area contributed by atoms with E-state index in [0.29, 0.717) is 4.58 Å². The lowest BCUT2D eigenvalue weighted by Crippen LogP contribution is -2.25. The largest absolute Gasteiger partial charge is 0.370 e. The minimum atomic E-state index is -0.0319. The second-order valence-electron chi connectivity index (χ2n) is 7.07. The van der Waals surface area contributed by atoms with E-state index in [1.54, 1.807) is 0 Å². The molecule has 0 saturated carbocycles. The van der Waals surface area contributed by atoms with E-state index in [-0.39, 0.29) is 5.91 Å². The maximum absolute atomic E-state index is 12.8. The average Bonchev–Trinajstić information content (AvgIpc) is 3.11. The van der Waals surface area contributed by atoms with Gasteiger partial charge in [-0.2, -0.15) is 0 Å². The number of anilines is 2. The maximum Gasteiger partial charge on any atom is 0.255 e. The number of carbonyl (C=O) groups is 1. The van der Waals surface area contributed by atoms with Gasteiger partial charge >= 0.3 is 0 Å². The summed E-state index contributed by atoms with van der Waals surface area (Å²) in [6, 6.07) is 16.3. The van der Waals surface area contributed by atoms with Gasteiger partial charge in [0, 0.05) is 30.2 Å². The number of hydrogen-bond acceptors (Lipinski definition) is 4. The first-order valence-corrected chi connectivity index (χ1v) is 11.9. The van der Waals surface area contributed by atoms with Crippen LogP contribution in [0.5, 0.6) is 0 Å². The third-order valence-corrected chi connectivity index (χ3v) is 8.27. The first-order chi connectivity index (χ1) is 13.3. The van der Waals surface area contributed by atoms with Crippen LogP contribution >= 0.6 is 23.5 Å². The number of benzene rings is 2. The number of nitrogens with one attached hydrogen (secondary N) is 1. The molecule has 1 N–H and O–H groups in total. The number of para-hydroxylation sites is 2. The van der Waals surface area contributed by atoms with Crippen molar-refractivity contribution in [3.8, 4) is 0 Å². The SMILES string of the molecule is O=C(Nc1ccccc1N1CCCCCC1)c1ccc(C2SCCS2)cc1. The lowest BCUT2D eigenvalue weighted by atomic mass is 10.1. The van der Waals surface area contributed by atoms with Crippen LogP contribution in [0.3, 0.4) is 0 Å². The van der Waals surface area contributed by atoms with Gasteiger partial charge in [0.05, 0.1) is 16.0 Å². The average molecular weight is 399 g/mol. The van der Waals surface area contributed by atoms with Crippen molar-refractivity contribution in [1.82, 2.24) is 0 Å². The summed E-state index contributed by atoms with van der Waals surface area (Å²) in [6.45, 7) is 2.14. The van der Waals surface area contributed by atoms with Gasteiger partial charge in [-0.3, -0.25) is 4.79 Å². The summed E-state index contributed by atoms with van der Waals surface area (Å²) in [5.74, 6) is 2.39. The number of rotatable bonds is 4. The van der Waals surface area contributed by atoms with Crippen molar-refractivity contribution < 1.29 is 4.79 Å². The minimum absolute atomic E-state index is 0.0319. The van der Waals surface area contributed by atoms with Crippen LogP contribution < -0.4 is 10.2 Å². The lowest BCUT2D eigenvalue weighted by molar-refractivity contribution is 0.102. The fraction of sp³-hybridized carbons (Fsp3) is 0.409. The second kappa shape index (κ2) is 9.07. The summed E-state index contributed by atoms with van der Waals surface area (Å²) in [5.41, 5.74) is 4.08. The fourth-order valence-electron chi connectivity index (χ4n) is 3.70. The molecule has 0 radical (unpaired) electrons. The third kappa shape index (κ3) is 4.64. The maximum atomic E-state index is 12.8. The Bertz CT molecular complexity index is 764. The predicted octanol–water partition coefficient (Wildman–Crippen LogP) is 5.80. The molecule has 0 aliphatic carbocycles. The van der Waals surface area contributed by atoms with Crippen LogP contribution in [0.25, 0.3) is 0 Å². The van der Waals surface area contributed by atoms with Gasteiger partial charge in [0.15, 0.2) is 0 Å². The normalized spacial score (nSPS) is 18.3. The molecule has 0 unspecified atom stereocenters. The van der Waals surface area contributed by atoms with Crippen LogP contribution in [0.4, 0.5) is 11.4 Å². The smallest absolute Gasteiger partial charge is 0.255 e. The van der Waals surface area contributed by atoms with Crippen molar-refractivity contribution in [1.29, 1.82) is 0 Å². The van der Waals surface area contributed by atoms with Crippen molar-refractivity contribution in [3.63, 3.8) is 0 Å². The molecule has 1 amide bonds. The molecular weight excluding hydrogens is 372 g/mol. The van der Waals surface area contributed by atoms with E-state index < -0.39 is 0 Å². The Morgan fingerprint density at radius 1 is 0.889 bits per heavy atom. The first kappa shape index (κ1) is 18.8. The van der Waals surface area contributed by atoms with E-state index >= 15 is 0 Å². The van der Waals surface area contributed by atoms with Crippen molar-refractivity contribution >= 4 is 40.8 Å². The molecule has 0 aromatic heterocycles. The van der Waals surface area contributed by atoms with E-state index in [1.165, 1.54) is 42.8 Å². The molecule has 2 fully saturated rings. The molecule has 2 aliphatic heterocycles. The Morgan fingerprint density at radius 3 is 2.26 bits per heavy atom. The van der Waals surface area contributed by atoms with E-state index in [0.717, 1.165) is 30.0 Å². The first-order valence-electron chi connectivity index (χ1n) is 9.80. The predicted molar refractivity (Wildman–Crippen MR) is 119 cm³/mol. The summed E-state index contributed by atoms with van der Waals surface area (Å²) in [5, 5.41) is 3.14. The Morgan fingerprint density at radius 2 is 1.56 bits per heavy atom. The molecular formula is C22H26N2OS2. The molecule has 2 aromatic rings. The molecule has 2 saturated heterocycles. The number of carbonyl (C=O) groups excluding carboxylic acids is 1. The fourth-order valence-corrected chi connectivity index (χ4v) is 6.56. The van der Waals surface area contributed by atoms with Crippen molar-refractivity contribution in [2.45, 2.75) is 30.3 Å². The number of thioether (sulfide) groups is 2. The number of hydrogen-bond donors (Lipinski definition) is 1. The van der Waals surface area contributed by atoms with Crippen LogP contribution in [0.15, 0.2) is 48.5 Å². The molecule has 142 valence electrons. The zero-order valence-corrected chi connectivity index (χ0v) is 17.2. The highest BCUT2D eigenvalue weighted by Crippen LogP contribution is 2.45. The van der Waals surface area contributed by atoms with Crippen LogP contribution in [-0.4, -0.2) is 30.5 Å². The van der Waals surface area contributed by atoms with Crippen molar-refractivity contribution in [2.75, 3.05) is 34.8 Å². The minimum Gasteiger partial charge on any atom is -0.370 e. The Labute approximate surface area is 170 Å². The number of amides is 1. The van der Waals surface area contributed by atoms with Gasteiger partial charge in [-0.05, 0) is 42.7 Å². The van der Waals surface area contributed by atoms with Crippen molar-refractivity contribution in [3.05, 3.63) is 59.7 Å². The summed E-state index contributed by atoms with van der Waals surface area (Å²) >= 11 is 3.98. The lowest BCUT2D eigenvalue weighted by Gasteiger charge is -2.25. The molecule has 0 atom stereocenters. The third-order valence-electron chi connectivity index (χ3n) is 5.17. The number of nitrogens with zero attached hydrogens (tertiary/aromatic N) is 1. The van der Waals surface area contributed by atoms with Crippen LogP contribution in [0.1, 0.15) is 46.2 Å². The Balaban J connectivity index is 1.47. The van der Waals surface area contributed by atoms with E-state index in [4.69, 9.17) is 0 Å². The van der Waals surface area contributed by atoms with Gasteiger partial charge in [-0.1, -0.05) is 37.1 Å². The van der Waals surface area contributed by atoms with Gasteiger partial charge in [0.2, 0.25) is 0 Å². The summed E-state index contributed by atoms with van der Waals surface area (Å²) in [4.78, 5) is 15.2. The summed E-state index contributed by atoms with van der Waals surface area (Å²) in [6.07, 6.45) is 5.05. The standard InChI is InChI=1S/C22H26N2OS2/c25-21(17-9-11-18(12-10-17)22-26-15-16-27-22)23-19-7-3-4-8-20(19)24-13-5-1-2-6-14-24/h3-4,7-12,22H,1-2,5-6,13-16H2,(H,23,25). The zero-order chi connectivity index (χ0) is 18.5. The van der Waals surface area contributed by atoms with Crippen LogP contribution in [0, 0.1) is 0 Å². The van der Waals surface area contributed by atoms with Gasteiger partial charge in [-0.15, -0.1) is 23.5 Å². The summed E-state index contributed by atoms with van der Waals surface area (Å²) in [7, 11) is 0. The molecule has 0 spiro atoms. The molecule has 2 heterocycles. The van der Waals surface area contributed by atoms with E-state index in [2.05, 4.69) is 34.5 Å². The van der Waals surface area contributed by atoms with Crippen LogP contribution in [0.2, 0.25) is 0 Å². The summed E-state index contributed by atoms with van der Waals surface area (Å²) < 4.78 is 0.519. The Hall–Kier alpha value is -1.59. The highest BCUT2D eigenvalue weighted by Gasteiger charge is 2.19. The topological polar surface area (TPSA) is 32.3 Å². The van der Waals surface area contributed by atoms with Gasteiger partial charge < -0.3 is 10.2 Å². The Kier molecular flexibility index (Phi) is 6.30. The van der Waals surface area contributed by atoms with Gasteiger partial charge in [0.25, 0.3) is 5.91 Å². The molecule has 0 bridgehead atoms. The molecule has 27 heavy (non-hydrogen) atoms. The van der Waals surface area contributed by atoms with Crippen LogP contribution in [-0.2, 0) is 0 Å². The highest BCUT2D eigenvalue weighted by molar-refractivity contribution is 8.19. The molecule has 2 aromatic carbocycles. The van der Waals surface area contributed by atoms with Gasteiger partial charge in [-0.25, -0.2) is 0 Å². The van der Waals surface area contributed by atoms with Crippen molar-refractivity contribution in [2.24, 2.45) is 0 Å². The quantitative estimate of drug-likeness (QED) is 0.706. The van der Waals surface area contributed by atoms with E-state index in [1.807, 2.05) is 47.8 Å². The highest BCUT2D eigenvalue weighted by atomic mass is 32.2. The molecule has 3 nitrogen and oxygen atoms in total.